The maximum absolute atomic E-state index is 13.5. The van der Waals surface area contributed by atoms with E-state index in [2.05, 4.69) is 31.9 Å². The number of alkyl halides is 3. The van der Waals surface area contributed by atoms with E-state index >= 15 is 0 Å². The van der Waals surface area contributed by atoms with Crippen molar-refractivity contribution in [2.24, 2.45) is 0 Å². The third kappa shape index (κ3) is 6.90. The Morgan fingerprint density at radius 2 is 1.63 bits per heavy atom. The van der Waals surface area contributed by atoms with Gasteiger partial charge >= 0.3 is 6.18 Å². The second-order valence-electron chi connectivity index (χ2n) is 8.74. The molecular formula is C27H25BrF3N5OS. The lowest BCUT2D eigenvalue weighted by atomic mass is 10.1. The third-order valence-electron chi connectivity index (χ3n) is 6.05. The van der Waals surface area contributed by atoms with Crippen molar-refractivity contribution < 1.29 is 18.0 Å². The maximum Gasteiger partial charge on any atom is 0.418 e. The van der Waals surface area contributed by atoms with Gasteiger partial charge in [-0.25, -0.2) is 0 Å². The van der Waals surface area contributed by atoms with E-state index in [-0.39, 0.29) is 15.3 Å². The number of likely N-dealkylation sites (tertiary alicyclic amines) is 1. The van der Waals surface area contributed by atoms with Crippen LogP contribution in [-0.4, -0.2) is 34.8 Å². The van der Waals surface area contributed by atoms with Gasteiger partial charge in [0, 0.05) is 28.8 Å². The standard InChI is InChI=1S/C27H25BrF3N5OS/c28-19-10-13-22(21(16-19)27(29,30)31)34-26(38)35-23(17-6-2-1-3-7-17)25(37)33-20-11-8-18(9-12-20)24(32)36-14-4-5-15-36/h1-3,6-13,16,23,32H,4-5,14-15H2,(H,33,37)(H2,34,35,38)/t23-/m0/s1. The number of nitrogens with zero attached hydrogens (tertiary/aromatic N) is 1. The highest BCUT2D eigenvalue weighted by molar-refractivity contribution is 9.10. The number of halogens is 4. The van der Waals surface area contributed by atoms with Crippen LogP contribution in [0.3, 0.4) is 0 Å². The summed E-state index contributed by atoms with van der Waals surface area (Å²) in [6.07, 6.45) is -2.46. The predicted octanol–water partition coefficient (Wildman–Crippen LogP) is 6.56. The van der Waals surface area contributed by atoms with Gasteiger partial charge in [0.25, 0.3) is 5.91 Å². The molecule has 1 atom stereocenters. The molecule has 3 aromatic rings. The van der Waals surface area contributed by atoms with Crippen molar-refractivity contribution in [2.45, 2.75) is 25.1 Å². The molecule has 0 saturated carbocycles. The first-order valence-corrected chi connectivity index (χ1v) is 13.1. The fraction of sp³-hybridized carbons (Fsp3) is 0.222. The minimum absolute atomic E-state index is 0.142. The maximum atomic E-state index is 13.5. The summed E-state index contributed by atoms with van der Waals surface area (Å²) < 4.78 is 40.9. The van der Waals surface area contributed by atoms with E-state index in [0.717, 1.165) is 37.6 Å². The van der Waals surface area contributed by atoms with Crippen LogP contribution in [0.2, 0.25) is 0 Å². The van der Waals surface area contributed by atoms with E-state index in [9.17, 15) is 18.0 Å². The van der Waals surface area contributed by atoms with E-state index in [0.29, 0.717) is 17.1 Å². The van der Waals surface area contributed by atoms with Crippen molar-refractivity contribution in [3.63, 3.8) is 0 Å². The number of amidine groups is 1. The lowest BCUT2D eigenvalue weighted by Crippen LogP contribution is -2.39. The molecule has 0 spiro atoms. The molecule has 0 unspecified atom stereocenters. The molecular weight excluding hydrogens is 579 g/mol. The molecule has 11 heteroatoms. The van der Waals surface area contributed by atoms with Gasteiger partial charge in [0.2, 0.25) is 0 Å². The number of anilines is 2. The lowest BCUT2D eigenvalue weighted by molar-refractivity contribution is -0.137. The van der Waals surface area contributed by atoms with E-state index in [1.807, 2.05) is 4.90 Å². The Morgan fingerprint density at radius 1 is 0.974 bits per heavy atom. The molecule has 0 bridgehead atoms. The van der Waals surface area contributed by atoms with Crippen LogP contribution < -0.4 is 16.0 Å². The Balaban J connectivity index is 1.49. The number of benzene rings is 3. The second kappa shape index (κ2) is 12.0. The van der Waals surface area contributed by atoms with Gasteiger partial charge in [0.05, 0.1) is 11.3 Å². The summed E-state index contributed by atoms with van der Waals surface area (Å²) >= 11 is 8.36. The summed E-state index contributed by atoms with van der Waals surface area (Å²) in [7, 11) is 0. The molecule has 38 heavy (non-hydrogen) atoms. The molecule has 4 N–H and O–H groups in total. The van der Waals surface area contributed by atoms with Gasteiger partial charge < -0.3 is 20.9 Å². The number of rotatable bonds is 6. The number of hydrogen-bond acceptors (Lipinski definition) is 3. The fourth-order valence-corrected chi connectivity index (χ4v) is 4.73. The van der Waals surface area contributed by atoms with Crippen LogP contribution in [-0.2, 0) is 11.0 Å². The Labute approximate surface area is 232 Å². The SMILES string of the molecule is N=C(c1ccc(NC(=O)[C@@H](NC(=S)Nc2ccc(Br)cc2C(F)(F)F)c2ccccc2)cc1)N1CCCC1. The minimum atomic E-state index is -4.60. The van der Waals surface area contributed by atoms with Crippen molar-refractivity contribution >= 4 is 56.4 Å². The summed E-state index contributed by atoms with van der Waals surface area (Å²) in [6, 6.07) is 18.4. The zero-order valence-corrected chi connectivity index (χ0v) is 22.5. The van der Waals surface area contributed by atoms with Crippen molar-refractivity contribution in [1.82, 2.24) is 10.2 Å². The lowest BCUT2D eigenvalue weighted by Gasteiger charge is -2.22. The minimum Gasteiger partial charge on any atom is -0.357 e. The number of thiocarbonyl (C=S) groups is 1. The van der Waals surface area contributed by atoms with E-state index < -0.39 is 23.7 Å². The molecule has 0 radical (unpaired) electrons. The zero-order valence-electron chi connectivity index (χ0n) is 20.1. The number of nitrogens with one attached hydrogen (secondary N) is 4. The van der Waals surface area contributed by atoms with Gasteiger partial charge in [-0.1, -0.05) is 46.3 Å². The summed E-state index contributed by atoms with van der Waals surface area (Å²) in [6.45, 7) is 1.72. The van der Waals surface area contributed by atoms with Crippen molar-refractivity contribution in [3.05, 3.63) is 94.0 Å². The van der Waals surface area contributed by atoms with Crippen LogP contribution in [0.15, 0.2) is 77.3 Å². The van der Waals surface area contributed by atoms with Gasteiger partial charge in [-0.2, -0.15) is 13.2 Å². The zero-order chi connectivity index (χ0) is 27.3. The second-order valence-corrected chi connectivity index (χ2v) is 10.1. The normalized spacial score (nSPS) is 14.1. The molecule has 1 heterocycles. The quantitative estimate of drug-likeness (QED) is 0.146. The van der Waals surface area contributed by atoms with Gasteiger partial charge in [0.1, 0.15) is 11.9 Å². The van der Waals surface area contributed by atoms with E-state index in [4.69, 9.17) is 17.6 Å². The Morgan fingerprint density at radius 3 is 2.26 bits per heavy atom. The third-order valence-corrected chi connectivity index (χ3v) is 6.77. The average molecular weight is 604 g/mol. The highest BCUT2D eigenvalue weighted by Gasteiger charge is 2.34. The first-order valence-electron chi connectivity index (χ1n) is 11.9. The number of amides is 1. The van der Waals surface area contributed by atoms with E-state index in [1.54, 1.807) is 54.6 Å². The average Bonchev–Trinajstić information content (AvgIpc) is 3.43. The molecule has 3 aromatic carbocycles. The molecule has 0 aromatic heterocycles. The first kappa shape index (κ1) is 27.6. The van der Waals surface area contributed by atoms with Crippen LogP contribution in [0.4, 0.5) is 24.5 Å². The summed E-state index contributed by atoms with van der Waals surface area (Å²) in [4.78, 5) is 15.3. The van der Waals surface area contributed by atoms with Gasteiger partial charge in [0.15, 0.2) is 5.11 Å². The van der Waals surface area contributed by atoms with Crippen molar-refractivity contribution in [1.29, 1.82) is 5.41 Å². The molecule has 1 aliphatic rings. The molecule has 6 nitrogen and oxygen atoms in total. The van der Waals surface area contributed by atoms with Crippen molar-refractivity contribution in [2.75, 3.05) is 23.7 Å². The van der Waals surface area contributed by atoms with Crippen LogP contribution in [0, 0.1) is 5.41 Å². The highest BCUT2D eigenvalue weighted by atomic mass is 79.9. The predicted molar refractivity (Wildman–Crippen MR) is 150 cm³/mol. The molecule has 0 aliphatic carbocycles. The van der Waals surface area contributed by atoms with Gasteiger partial charge in [-0.05, 0) is 73.1 Å². The van der Waals surface area contributed by atoms with E-state index in [1.165, 1.54) is 12.1 Å². The first-order chi connectivity index (χ1) is 18.1. The number of carbonyl (C=O) groups is 1. The van der Waals surface area contributed by atoms with Crippen LogP contribution in [0.25, 0.3) is 0 Å². The van der Waals surface area contributed by atoms with Gasteiger partial charge in [-0.3, -0.25) is 10.2 Å². The van der Waals surface area contributed by atoms with Crippen molar-refractivity contribution in [3.8, 4) is 0 Å². The Hall–Kier alpha value is -3.44. The van der Waals surface area contributed by atoms with Crippen LogP contribution >= 0.6 is 28.1 Å². The largest absolute Gasteiger partial charge is 0.418 e. The topological polar surface area (TPSA) is 80.2 Å². The number of carbonyl (C=O) groups excluding carboxylic acids is 1. The van der Waals surface area contributed by atoms with Crippen LogP contribution in [0.5, 0.6) is 0 Å². The molecule has 198 valence electrons. The van der Waals surface area contributed by atoms with Crippen LogP contribution in [0.1, 0.15) is 35.6 Å². The molecule has 1 fully saturated rings. The Bertz CT molecular complexity index is 1310. The number of hydrogen-bond donors (Lipinski definition) is 4. The fourth-order valence-electron chi connectivity index (χ4n) is 4.14. The molecule has 4 rings (SSSR count). The summed E-state index contributed by atoms with van der Waals surface area (Å²) in [5.74, 6) is 0.00127. The summed E-state index contributed by atoms with van der Waals surface area (Å²) in [5.41, 5.74) is 0.719. The molecule has 1 amide bonds. The molecule has 1 saturated heterocycles. The summed E-state index contributed by atoms with van der Waals surface area (Å²) in [5, 5.41) is 16.5. The smallest absolute Gasteiger partial charge is 0.357 e. The Kier molecular flexibility index (Phi) is 8.68. The molecule has 1 aliphatic heterocycles. The monoisotopic (exact) mass is 603 g/mol. The highest BCUT2D eigenvalue weighted by Crippen LogP contribution is 2.36. The van der Waals surface area contributed by atoms with Gasteiger partial charge in [-0.15, -0.1) is 0 Å².